The first-order valence-electron chi connectivity index (χ1n) is 1.81. The van der Waals surface area contributed by atoms with E-state index in [-0.39, 0.29) is 0 Å². The van der Waals surface area contributed by atoms with Crippen LogP contribution in [0.1, 0.15) is 0 Å². The van der Waals surface area contributed by atoms with E-state index >= 15 is 0 Å². The second-order valence-electron chi connectivity index (χ2n) is 1.23. The van der Waals surface area contributed by atoms with Crippen LogP contribution in [0, 0.1) is 0 Å². The van der Waals surface area contributed by atoms with Gasteiger partial charge in [-0.25, -0.2) is 0 Å². The highest BCUT2D eigenvalue weighted by atomic mass is 32.5. The molecule has 8 heteroatoms. The fraction of sp³-hybridized carbons (Fsp3) is 1.00. The van der Waals surface area contributed by atoms with Gasteiger partial charge in [0.1, 0.15) is 0 Å². The van der Waals surface area contributed by atoms with Crippen molar-refractivity contribution in [2.24, 2.45) is 0 Å². The van der Waals surface area contributed by atoms with E-state index < -0.39 is 14.7 Å². The molecule has 56 valence electrons. The van der Waals surface area contributed by atoms with E-state index in [0.29, 0.717) is 0 Å². The van der Waals surface area contributed by atoms with Crippen LogP contribution in [0.4, 0.5) is 0 Å². The molecule has 0 fully saturated rings. The van der Waals surface area contributed by atoms with Gasteiger partial charge in [0.05, 0.1) is 0 Å². The van der Waals surface area contributed by atoms with Gasteiger partial charge in [0.25, 0.3) is 0 Å². The van der Waals surface area contributed by atoms with Gasteiger partial charge in [-0.2, -0.15) is 4.67 Å². The van der Waals surface area contributed by atoms with Gasteiger partial charge in [-0.05, 0) is 11.8 Å². The highest BCUT2D eigenvalue weighted by Gasteiger charge is 2.06. The summed E-state index contributed by atoms with van der Waals surface area (Å²) in [5, 5.41) is 0. The summed E-state index contributed by atoms with van der Waals surface area (Å²) < 4.78 is 17.4. The first-order valence-corrected chi connectivity index (χ1v) is 6.19. The summed E-state index contributed by atoms with van der Waals surface area (Å²) in [6, 6.07) is 0. The Bertz CT molecular complexity index is 149. The van der Waals surface area contributed by atoms with E-state index in [0.717, 1.165) is 0 Å². The van der Waals surface area contributed by atoms with Crippen LogP contribution >= 0.6 is 14.7 Å². The molecule has 0 aliphatic rings. The Morgan fingerprint density at radius 3 is 2.33 bits per heavy atom. The summed E-state index contributed by atoms with van der Waals surface area (Å²) >= 11 is 4.29. The lowest BCUT2D eigenvalue weighted by molar-refractivity contribution is -0.0995. The zero-order valence-corrected chi connectivity index (χ0v) is 7.19. The molecule has 0 rings (SSSR count). The molecule has 0 spiro atoms. The monoisotopic (exact) mass is 192 g/mol. The van der Waals surface area contributed by atoms with Gasteiger partial charge in [0, 0.05) is 6.66 Å². The Hall–Kier alpha value is 0.720. The molecule has 0 radical (unpaired) electrons. The van der Waals surface area contributed by atoms with E-state index in [1.54, 1.807) is 0 Å². The van der Waals surface area contributed by atoms with Gasteiger partial charge in [0.15, 0.2) is 0 Å². The van der Waals surface area contributed by atoms with Crippen molar-refractivity contribution in [1.29, 1.82) is 0 Å². The third-order valence-electron chi connectivity index (χ3n) is 0.247. The summed E-state index contributed by atoms with van der Waals surface area (Å²) in [5.41, 5.74) is 0. The third-order valence-corrected chi connectivity index (χ3v) is 1.15. The summed E-state index contributed by atoms with van der Waals surface area (Å²) in [4.78, 5) is 16.6. The highest BCUT2D eigenvalue weighted by molar-refractivity contribution is 8.09. The zero-order chi connectivity index (χ0) is 7.49. The van der Waals surface area contributed by atoms with Crippen molar-refractivity contribution in [2.75, 3.05) is 6.66 Å². The predicted octanol–water partition coefficient (Wildman–Crippen LogP) is 0.248. The third kappa shape index (κ3) is 8.72. The highest BCUT2D eigenvalue weighted by Crippen LogP contribution is 2.40. The summed E-state index contributed by atoms with van der Waals surface area (Å²) in [6.45, 7) is -1.74. The van der Waals surface area contributed by atoms with Crippen molar-refractivity contribution in [3.63, 3.8) is 0 Å². The molecule has 0 aromatic heterocycles. The van der Waals surface area contributed by atoms with Crippen molar-refractivity contribution in [2.45, 2.75) is 0 Å². The van der Waals surface area contributed by atoms with Gasteiger partial charge in [0.2, 0.25) is 6.49 Å². The van der Waals surface area contributed by atoms with E-state index in [2.05, 4.69) is 21.2 Å². The molecule has 5 nitrogen and oxygen atoms in total. The lowest BCUT2D eigenvalue weighted by Gasteiger charge is -2.04. The molecule has 0 aliphatic carbocycles. The molecule has 2 atom stereocenters. The van der Waals surface area contributed by atoms with Crippen LogP contribution < -0.4 is 0 Å². The molecule has 0 heterocycles. The molecule has 0 bridgehead atoms. The van der Waals surface area contributed by atoms with Crippen molar-refractivity contribution in [1.82, 2.24) is 0 Å². The number of rotatable bonds is 3. The van der Waals surface area contributed by atoms with Crippen LogP contribution in [0.15, 0.2) is 0 Å². The fourth-order valence-electron chi connectivity index (χ4n) is 0.101. The second-order valence-corrected chi connectivity index (χ2v) is 5.71. The van der Waals surface area contributed by atoms with E-state index in [1.807, 2.05) is 0 Å². The van der Waals surface area contributed by atoms with Crippen molar-refractivity contribution < 1.29 is 23.7 Å². The smallest absolute Gasteiger partial charge is 0.343 e. The molecule has 0 aliphatic heterocycles. The standard InChI is InChI=1S/CH6O5P2S/c1-8(4,9)6-5-7(2)3/h7H,1H3,(H,2,3)(H,4,9). The topological polar surface area (TPSA) is 76.0 Å². The molecule has 2 unspecified atom stereocenters. The van der Waals surface area contributed by atoms with Gasteiger partial charge >= 0.3 is 8.25 Å². The SMILES string of the molecule is CP(O)(=S)OO[PH](=O)O. The quantitative estimate of drug-likeness (QED) is 0.379. The maximum absolute atomic E-state index is 9.74. The minimum atomic E-state index is -3.14. The molecule has 9 heavy (non-hydrogen) atoms. The van der Waals surface area contributed by atoms with Crippen molar-refractivity contribution in [3.05, 3.63) is 0 Å². The number of hydrogen-bond acceptors (Lipinski definition) is 4. The zero-order valence-electron chi connectivity index (χ0n) is 4.47. The van der Waals surface area contributed by atoms with Crippen LogP contribution in [0.25, 0.3) is 0 Å². The Morgan fingerprint density at radius 1 is 1.78 bits per heavy atom. The van der Waals surface area contributed by atoms with E-state index in [9.17, 15) is 4.57 Å². The van der Waals surface area contributed by atoms with Crippen LogP contribution in [-0.4, -0.2) is 16.5 Å². The van der Waals surface area contributed by atoms with E-state index in [4.69, 9.17) is 9.79 Å². The maximum Gasteiger partial charge on any atom is 0.345 e. The molecule has 0 saturated carbocycles. The Balaban J connectivity index is 3.53. The van der Waals surface area contributed by atoms with E-state index in [1.165, 1.54) is 6.66 Å². The lowest BCUT2D eigenvalue weighted by atomic mass is 12.0. The lowest BCUT2D eigenvalue weighted by Crippen LogP contribution is -1.81. The first kappa shape index (κ1) is 9.72. The van der Waals surface area contributed by atoms with Crippen LogP contribution in [-0.2, 0) is 25.7 Å². The summed E-state index contributed by atoms with van der Waals surface area (Å²) in [6.07, 6.45) is 0. The van der Waals surface area contributed by atoms with Crippen LogP contribution in [0.2, 0.25) is 0 Å². The summed E-state index contributed by atoms with van der Waals surface area (Å²) in [5.74, 6) is 0. The van der Waals surface area contributed by atoms with Gasteiger partial charge < -0.3 is 9.79 Å². The molecule has 0 saturated heterocycles. The maximum atomic E-state index is 9.74. The Labute approximate surface area is 57.7 Å². The number of hydrogen-bond donors (Lipinski definition) is 2. The largest absolute Gasteiger partial charge is 0.345 e. The molecule has 0 aromatic carbocycles. The van der Waals surface area contributed by atoms with Gasteiger partial charge in [-0.15, -0.1) is 4.67 Å². The normalized spacial score (nSPS) is 20.8. The second kappa shape index (κ2) is 3.78. The molecular formula is CH6O5P2S. The fourth-order valence-corrected chi connectivity index (χ4v) is 1.18. The Kier molecular flexibility index (Phi) is 4.09. The average Bonchev–Trinajstić information content (AvgIpc) is 1.59. The minimum absolute atomic E-state index is 1.20. The molecule has 0 aromatic rings. The van der Waals surface area contributed by atoms with Gasteiger partial charge in [-0.3, -0.25) is 4.57 Å². The predicted molar refractivity (Wildman–Crippen MR) is 35.8 cm³/mol. The van der Waals surface area contributed by atoms with Crippen molar-refractivity contribution >= 4 is 26.6 Å². The average molecular weight is 192 g/mol. The van der Waals surface area contributed by atoms with Crippen LogP contribution in [0.5, 0.6) is 0 Å². The van der Waals surface area contributed by atoms with Crippen molar-refractivity contribution in [3.8, 4) is 0 Å². The Morgan fingerprint density at radius 2 is 2.22 bits per heavy atom. The molecular weight excluding hydrogens is 186 g/mol. The minimum Gasteiger partial charge on any atom is -0.343 e. The molecule has 0 amide bonds. The van der Waals surface area contributed by atoms with Gasteiger partial charge in [-0.1, -0.05) is 0 Å². The molecule has 2 N–H and O–H groups in total. The van der Waals surface area contributed by atoms with Crippen LogP contribution in [0.3, 0.4) is 0 Å². The first-order chi connectivity index (χ1) is 3.92. The summed E-state index contributed by atoms with van der Waals surface area (Å²) in [7, 11) is -3.14.